The van der Waals surface area contributed by atoms with E-state index >= 15 is 0 Å². The molecule has 3 nitrogen and oxygen atoms in total. The second kappa shape index (κ2) is 13.5. The van der Waals surface area contributed by atoms with Gasteiger partial charge < -0.3 is 15.1 Å². The lowest BCUT2D eigenvalue weighted by molar-refractivity contribution is 0.279. The Morgan fingerprint density at radius 2 is 1.00 bits per heavy atom. The summed E-state index contributed by atoms with van der Waals surface area (Å²) in [5, 5.41) is 3.76. The van der Waals surface area contributed by atoms with Crippen molar-refractivity contribution in [3.8, 4) is 0 Å². The Labute approximate surface area is 134 Å². The standard InChI is InChI=1S/C18H41N3/c1-7-20(8-2)15-11-13-17(5)19-18(6)14-12-16-21(9-3)10-4/h17-19H,7-16H2,1-6H3. The summed E-state index contributed by atoms with van der Waals surface area (Å²) in [7, 11) is 0. The highest BCUT2D eigenvalue weighted by atomic mass is 15.1. The summed E-state index contributed by atoms with van der Waals surface area (Å²) in [6.45, 7) is 20.9. The van der Waals surface area contributed by atoms with Crippen LogP contribution in [0.25, 0.3) is 0 Å². The molecule has 0 aliphatic carbocycles. The minimum Gasteiger partial charge on any atom is -0.312 e. The van der Waals surface area contributed by atoms with Crippen LogP contribution in [0.15, 0.2) is 0 Å². The van der Waals surface area contributed by atoms with Crippen molar-refractivity contribution in [2.24, 2.45) is 0 Å². The molecule has 0 saturated carbocycles. The van der Waals surface area contributed by atoms with Crippen molar-refractivity contribution in [1.82, 2.24) is 15.1 Å². The molecule has 0 amide bonds. The summed E-state index contributed by atoms with van der Waals surface area (Å²) in [6, 6.07) is 1.29. The molecule has 21 heavy (non-hydrogen) atoms. The zero-order valence-corrected chi connectivity index (χ0v) is 15.6. The van der Waals surface area contributed by atoms with Crippen LogP contribution in [0.5, 0.6) is 0 Å². The molecular formula is C18H41N3. The first-order valence-corrected chi connectivity index (χ1v) is 9.27. The summed E-state index contributed by atoms with van der Waals surface area (Å²) in [5.74, 6) is 0. The molecule has 0 heterocycles. The number of nitrogens with one attached hydrogen (secondary N) is 1. The second-order valence-corrected chi connectivity index (χ2v) is 6.31. The second-order valence-electron chi connectivity index (χ2n) is 6.31. The number of hydrogen-bond donors (Lipinski definition) is 1. The monoisotopic (exact) mass is 299 g/mol. The summed E-state index contributed by atoms with van der Waals surface area (Å²) in [6.07, 6.45) is 5.19. The molecule has 2 atom stereocenters. The van der Waals surface area contributed by atoms with Crippen LogP contribution >= 0.6 is 0 Å². The van der Waals surface area contributed by atoms with E-state index in [-0.39, 0.29) is 0 Å². The van der Waals surface area contributed by atoms with Crippen LogP contribution < -0.4 is 5.32 Å². The maximum absolute atomic E-state index is 3.76. The first-order valence-electron chi connectivity index (χ1n) is 9.27. The third kappa shape index (κ3) is 11.1. The van der Waals surface area contributed by atoms with Gasteiger partial charge in [-0.3, -0.25) is 0 Å². The van der Waals surface area contributed by atoms with Gasteiger partial charge in [0.2, 0.25) is 0 Å². The highest BCUT2D eigenvalue weighted by Crippen LogP contribution is 2.04. The van der Waals surface area contributed by atoms with E-state index in [9.17, 15) is 0 Å². The molecule has 0 fully saturated rings. The lowest BCUT2D eigenvalue weighted by Gasteiger charge is -2.23. The average molecular weight is 300 g/mol. The molecule has 0 aliphatic heterocycles. The lowest BCUT2D eigenvalue weighted by Crippen LogP contribution is -2.36. The molecular weight excluding hydrogens is 258 g/mol. The molecule has 0 aromatic heterocycles. The Bertz CT molecular complexity index is 191. The zero-order chi connectivity index (χ0) is 16.1. The SMILES string of the molecule is CCN(CC)CCCC(C)NC(C)CCCN(CC)CC. The Morgan fingerprint density at radius 3 is 1.29 bits per heavy atom. The summed E-state index contributed by atoms with van der Waals surface area (Å²) >= 11 is 0. The molecule has 0 spiro atoms. The van der Waals surface area contributed by atoms with E-state index in [1.807, 2.05) is 0 Å². The molecule has 3 heteroatoms. The molecule has 0 bridgehead atoms. The quantitative estimate of drug-likeness (QED) is 0.529. The van der Waals surface area contributed by atoms with Gasteiger partial charge in [0.15, 0.2) is 0 Å². The molecule has 0 aromatic carbocycles. The van der Waals surface area contributed by atoms with Gasteiger partial charge in [-0.1, -0.05) is 27.7 Å². The van der Waals surface area contributed by atoms with Crippen LogP contribution in [0, 0.1) is 0 Å². The first kappa shape index (κ1) is 20.9. The maximum Gasteiger partial charge on any atom is 0.00416 e. The van der Waals surface area contributed by atoms with E-state index in [2.05, 4.69) is 56.7 Å². The van der Waals surface area contributed by atoms with Crippen molar-refractivity contribution in [3.63, 3.8) is 0 Å². The fourth-order valence-electron chi connectivity index (χ4n) is 2.97. The Morgan fingerprint density at radius 1 is 0.667 bits per heavy atom. The average Bonchev–Trinajstić information content (AvgIpc) is 2.48. The van der Waals surface area contributed by atoms with Crippen LogP contribution in [0.2, 0.25) is 0 Å². The van der Waals surface area contributed by atoms with Gasteiger partial charge in [-0.15, -0.1) is 0 Å². The van der Waals surface area contributed by atoms with E-state index in [0.717, 1.165) is 0 Å². The maximum atomic E-state index is 3.76. The fraction of sp³-hybridized carbons (Fsp3) is 1.00. The van der Waals surface area contributed by atoms with E-state index in [0.29, 0.717) is 12.1 Å². The van der Waals surface area contributed by atoms with Crippen LogP contribution in [-0.2, 0) is 0 Å². The van der Waals surface area contributed by atoms with Crippen LogP contribution in [-0.4, -0.2) is 61.2 Å². The predicted molar refractivity (Wildman–Crippen MR) is 96.1 cm³/mol. The van der Waals surface area contributed by atoms with Gasteiger partial charge in [-0.05, 0) is 78.8 Å². The Hall–Kier alpha value is -0.120. The molecule has 2 unspecified atom stereocenters. The minimum atomic E-state index is 0.643. The van der Waals surface area contributed by atoms with Crippen LogP contribution in [0.4, 0.5) is 0 Å². The van der Waals surface area contributed by atoms with Gasteiger partial charge in [0, 0.05) is 12.1 Å². The van der Waals surface area contributed by atoms with Gasteiger partial charge in [0.1, 0.15) is 0 Å². The van der Waals surface area contributed by atoms with E-state index in [1.54, 1.807) is 0 Å². The van der Waals surface area contributed by atoms with Gasteiger partial charge in [-0.2, -0.15) is 0 Å². The number of nitrogens with zero attached hydrogens (tertiary/aromatic N) is 2. The van der Waals surface area contributed by atoms with Crippen molar-refractivity contribution in [2.75, 3.05) is 39.3 Å². The molecule has 0 radical (unpaired) electrons. The Balaban J connectivity index is 3.66. The third-order valence-electron chi connectivity index (χ3n) is 4.58. The van der Waals surface area contributed by atoms with E-state index in [1.165, 1.54) is 65.0 Å². The largest absolute Gasteiger partial charge is 0.312 e. The summed E-state index contributed by atoms with van der Waals surface area (Å²) in [5.41, 5.74) is 0. The molecule has 0 rings (SSSR count). The molecule has 0 saturated heterocycles. The van der Waals surface area contributed by atoms with Crippen molar-refractivity contribution in [1.29, 1.82) is 0 Å². The summed E-state index contributed by atoms with van der Waals surface area (Å²) < 4.78 is 0. The fourth-order valence-corrected chi connectivity index (χ4v) is 2.97. The highest BCUT2D eigenvalue weighted by Gasteiger charge is 2.08. The zero-order valence-electron chi connectivity index (χ0n) is 15.6. The van der Waals surface area contributed by atoms with Gasteiger partial charge in [0.25, 0.3) is 0 Å². The molecule has 0 aliphatic rings. The topological polar surface area (TPSA) is 18.5 Å². The molecule has 1 N–H and O–H groups in total. The number of rotatable bonds is 14. The van der Waals surface area contributed by atoms with Crippen LogP contribution in [0.3, 0.4) is 0 Å². The van der Waals surface area contributed by atoms with Gasteiger partial charge >= 0.3 is 0 Å². The van der Waals surface area contributed by atoms with Crippen molar-refractivity contribution < 1.29 is 0 Å². The van der Waals surface area contributed by atoms with Crippen molar-refractivity contribution in [3.05, 3.63) is 0 Å². The van der Waals surface area contributed by atoms with Gasteiger partial charge in [-0.25, -0.2) is 0 Å². The van der Waals surface area contributed by atoms with Crippen molar-refractivity contribution >= 4 is 0 Å². The molecule has 128 valence electrons. The van der Waals surface area contributed by atoms with E-state index in [4.69, 9.17) is 0 Å². The smallest absolute Gasteiger partial charge is 0.00416 e. The molecule has 0 aromatic rings. The van der Waals surface area contributed by atoms with Crippen molar-refractivity contribution in [2.45, 2.75) is 79.3 Å². The first-order chi connectivity index (χ1) is 10.1. The minimum absolute atomic E-state index is 0.643. The van der Waals surface area contributed by atoms with Crippen LogP contribution in [0.1, 0.15) is 67.2 Å². The lowest BCUT2D eigenvalue weighted by atomic mass is 10.1. The number of hydrogen-bond acceptors (Lipinski definition) is 3. The predicted octanol–water partition coefficient (Wildman–Crippen LogP) is 3.60. The Kier molecular flexibility index (Phi) is 13.5. The summed E-state index contributed by atoms with van der Waals surface area (Å²) in [4.78, 5) is 5.03. The normalized spacial score (nSPS) is 14.9. The van der Waals surface area contributed by atoms with Gasteiger partial charge in [0.05, 0.1) is 0 Å². The van der Waals surface area contributed by atoms with E-state index < -0.39 is 0 Å². The third-order valence-corrected chi connectivity index (χ3v) is 4.58. The highest BCUT2D eigenvalue weighted by molar-refractivity contribution is 4.69.